The van der Waals surface area contributed by atoms with Gasteiger partial charge in [0, 0.05) is 11.1 Å². The summed E-state index contributed by atoms with van der Waals surface area (Å²) < 4.78 is 5.52. The van der Waals surface area contributed by atoms with Crippen LogP contribution in [0.15, 0.2) is 16.5 Å². The minimum atomic E-state index is -0.0695. The molecule has 3 heteroatoms. The molecule has 1 aromatic heterocycles. The highest BCUT2D eigenvalue weighted by Gasteiger charge is 2.22. The molecule has 2 rings (SSSR count). The van der Waals surface area contributed by atoms with Crippen molar-refractivity contribution < 1.29 is 9.21 Å². The summed E-state index contributed by atoms with van der Waals surface area (Å²) >= 11 is 6.21. The van der Waals surface area contributed by atoms with Crippen LogP contribution in [0, 0.1) is 34.6 Å². The lowest BCUT2D eigenvalue weighted by Crippen LogP contribution is -2.05. The van der Waals surface area contributed by atoms with Crippen LogP contribution in [0.2, 0.25) is 5.02 Å². The van der Waals surface area contributed by atoms with Gasteiger partial charge < -0.3 is 4.42 Å². The number of ketones is 1. The molecule has 0 fully saturated rings. The van der Waals surface area contributed by atoms with Crippen LogP contribution in [-0.2, 0) is 0 Å². The van der Waals surface area contributed by atoms with Crippen molar-refractivity contribution in [3.8, 4) is 0 Å². The summed E-state index contributed by atoms with van der Waals surface area (Å²) in [6, 6.07) is 3.68. The maximum absolute atomic E-state index is 12.6. The maximum atomic E-state index is 12.6. The number of aryl methyl sites for hydroxylation is 4. The second-order valence-corrected chi connectivity index (χ2v) is 5.37. The molecule has 2 nitrogen and oxygen atoms in total. The number of hydrogen-bond donors (Lipinski definition) is 0. The molecule has 0 unspecified atom stereocenters. The normalized spacial score (nSPS) is 10.8. The van der Waals surface area contributed by atoms with E-state index in [0.29, 0.717) is 21.9 Å². The van der Waals surface area contributed by atoms with Crippen LogP contribution in [0.25, 0.3) is 0 Å². The predicted molar refractivity (Wildman–Crippen MR) is 77.3 cm³/mol. The van der Waals surface area contributed by atoms with E-state index in [1.165, 1.54) is 0 Å². The molecule has 0 saturated carbocycles. The van der Waals surface area contributed by atoms with Gasteiger partial charge in [0.25, 0.3) is 0 Å². The summed E-state index contributed by atoms with van der Waals surface area (Å²) in [4.78, 5) is 12.6. The van der Waals surface area contributed by atoms with E-state index in [1.807, 2.05) is 46.8 Å². The first-order valence-corrected chi connectivity index (χ1v) is 6.58. The van der Waals surface area contributed by atoms with E-state index in [4.69, 9.17) is 16.0 Å². The molecular weight excluding hydrogens is 260 g/mol. The van der Waals surface area contributed by atoms with Crippen LogP contribution in [0.1, 0.15) is 44.1 Å². The third-order valence-corrected chi connectivity index (χ3v) is 3.93. The first-order valence-electron chi connectivity index (χ1n) is 6.21. The second-order valence-electron chi connectivity index (χ2n) is 4.96. The van der Waals surface area contributed by atoms with Crippen LogP contribution in [-0.4, -0.2) is 5.78 Å². The molecule has 0 radical (unpaired) electrons. The Labute approximate surface area is 118 Å². The van der Waals surface area contributed by atoms with Crippen molar-refractivity contribution >= 4 is 17.4 Å². The molecule has 1 aromatic carbocycles. The van der Waals surface area contributed by atoms with E-state index in [-0.39, 0.29) is 5.78 Å². The number of furan rings is 1. The standard InChI is InChI=1S/C16H17ClO2/c1-8-6-13(14(17)7-9(8)2)16(18)15-10(3)11(4)19-12(15)5/h6-7H,1-5H3. The Morgan fingerprint density at radius 2 is 1.58 bits per heavy atom. The van der Waals surface area contributed by atoms with Gasteiger partial charge in [-0.3, -0.25) is 4.79 Å². The van der Waals surface area contributed by atoms with Crippen molar-refractivity contribution in [2.75, 3.05) is 0 Å². The lowest BCUT2D eigenvalue weighted by molar-refractivity contribution is 0.103. The zero-order valence-electron chi connectivity index (χ0n) is 11.8. The highest BCUT2D eigenvalue weighted by atomic mass is 35.5. The van der Waals surface area contributed by atoms with Gasteiger partial charge in [0.15, 0.2) is 5.78 Å². The van der Waals surface area contributed by atoms with Gasteiger partial charge >= 0.3 is 0 Å². The molecule has 0 aliphatic rings. The van der Waals surface area contributed by atoms with Gasteiger partial charge in [-0.05, 0) is 57.9 Å². The van der Waals surface area contributed by atoms with Crippen molar-refractivity contribution in [3.63, 3.8) is 0 Å². The Morgan fingerprint density at radius 1 is 1.00 bits per heavy atom. The van der Waals surface area contributed by atoms with Gasteiger partial charge in [-0.25, -0.2) is 0 Å². The summed E-state index contributed by atoms with van der Waals surface area (Å²) in [5.74, 6) is 1.36. The quantitative estimate of drug-likeness (QED) is 0.744. The Balaban J connectivity index is 2.59. The van der Waals surface area contributed by atoms with Gasteiger partial charge in [-0.1, -0.05) is 11.6 Å². The SMILES string of the molecule is Cc1cc(Cl)c(C(=O)c2c(C)oc(C)c2C)cc1C. The van der Waals surface area contributed by atoms with Crippen molar-refractivity contribution in [1.29, 1.82) is 0 Å². The third kappa shape index (κ3) is 2.33. The number of benzene rings is 1. The number of halogens is 1. The van der Waals surface area contributed by atoms with Crippen molar-refractivity contribution in [3.05, 3.63) is 56.5 Å². The lowest BCUT2D eigenvalue weighted by Gasteiger charge is -2.08. The highest BCUT2D eigenvalue weighted by Crippen LogP contribution is 2.28. The van der Waals surface area contributed by atoms with Crippen LogP contribution in [0.3, 0.4) is 0 Å². The summed E-state index contributed by atoms with van der Waals surface area (Å²) in [7, 11) is 0. The first kappa shape index (κ1) is 13.9. The summed E-state index contributed by atoms with van der Waals surface area (Å²) in [5.41, 5.74) is 4.19. The molecular formula is C16H17ClO2. The molecule has 19 heavy (non-hydrogen) atoms. The largest absolute Gasteiger partial charge is 0.466 e. The monoisotopic (exact) mass is 276 g/mol. The number of rotatable bonds is 2. The van der Waals surface area contributed by atoms with Gasteiger partial charge in [0.1, 0.15) is 11.5 Å². The Hall–Kier alpha value is -1.54. The highest BCUT2D eigenvalue weighted by molar-refractivity contribution is 6.35. The molecule has 0 aliphatic carbocycles. The molecule has 0 N–H and O–H groups in total. The number of carbonyl (C=O) groups is 1. The molecule has 0 spiro atoms. The third-order valence-electron chi connectivity index (χ3n) is 3.62. The van der Waals surface area contributed by atoms with Crippen molar-refractivity contribution in [2.24, 2.45) is 0 Å². The molecule has 0 atom stereocenters. The Bertz CT molecular complexity index is 666. The van der Waals surface area contributed by atoms with E-state index in [2.05, 4.69) is 0 Å². The van der Waals surface area contributed by atoms with E-state index >= 15 is 0 Å². The van der Waals surface area contributed by atoms with Crippen LogP contribution in [0.5, 0.6) is 0 Å². The van der Waals surface area contributed by atoms with Crippen LogP contribution < -0.4 is 0 Å². The molecule has 2 aromatic rings. The number of hydrogen-bond acceptors (Lipinski definition) is 2. The van der Waals surface area contributed by atoms with E-state index in [0.717, 1.165) is 22.5 Å². The van der Waals surface area contributed by atoms with Crippen LogP contribution in [0.4, 0.5) is 0 Å². The molecule has 0 aliphatic heterocycles. The average Bonchev–Trinajstić information content (AvgIpc) is 2.57. The molecule has 0 bridgehead atoms. The fourth-order valence-electron chi connectivity index (χ4n) is 2.22. The fourth-order valence-corrected chi connectivity index (χ4v) is 2.52. The Kier molecular flexibility index (Phi) is 3.55. The van der Waals surface area contributed by atoms with E-state index < -0.39 is 0 Å². The summed E-state index contributed by atoms with van der Waals surface area (Å²) in [6.07, 6.45) is 0. The lowest BCUT2D eigenvalue weighted by atomic mass is 9.97. The topological polar surface area (TPSA) is 30.2 Å². The fraction of sp³-hybridized carbons (Fsp3) is 0.312. The average molecular weight is 277 g/mol. The minimum absolute atomic E-state index is 0.0695. The zero-order chi connectivity index (χ0) is 14.3. The van der Waals surface area contributed by atoms with E-state index in [9.17, 15) is 4.79 Å². The predicted octanol–water partition coefficient (Wildman–Crippen LogP) is 4.71. The van der Waals surface area contributed by atoms with Gasteiger partial charge in [0.2, 0.25) is 0 Å². The molecule has 1 heterocycles. The van der Waals surface area contributed by atoms with Crippen molar-refractivity contribution in [1.82, 2.24) is 0 Å². The molecule has 0 amide bonds. The van der Waals surface area contributed by atoms with E-state index in [1.54, 1.807) is 0 Å². The zero-order valence-corrected chi connectivity index (χ0v) is 12.6. The molecule has 100 valence electrons. The first-order chi connectivity index (χ1) is 8.82. The van der Waals surface area contributed by atoms with Gasteiger partial charge in [-0.15, -0.1) is 0 Å². The summed E-state index contributed by atoms with van der Waals surface area (Å²) in [5, 5.41) is 0.491. The maximum Gasteiger partial charge on any atom is 0.198 e. The summed E-state index contributed by atoms with van der Waals surface area (Å²) in [6.45, 7) is 9.52. The van der Waals surface area contributed by atoms with Gasteiger partial charge in [-0.2, -0.15) is 0 Å². The van der Waals surface area contributed by atoms with Crippen molar-refractivity contribution in [2.45, 2.75) is 34.6 Å². The van der Waals surface area contributed by atoms with Crippen LogP contribution >= 0.6 is 11.6 Å². The Morgan fingerprint density at radius 3 is 2.11 bits per heavy atom. The minimum Gasteiger partial charge on any atom is -0.466 e. The molecule has 0 saturated heterocycles. The number of carbonyl (C=O) groups excluding carboxylic acids is 1. The second kappa shape index (κ2) is 4.86. The smallest absolute Gasteiger partial charge is 0.198 e. The van der Waals surface area contributed by atoms with Gasteiger partial charge in [0.05, 0.1) is 10.6 Å².